The molecule has 0 spiro atoms. The number of hydrogen-bond acceptors (Lipinski definition) is 6. The summed E-state index contributed by atoms with van der Waals surface area (Å²) < 4.78 is 23.1. The van der Waals surface area contributed by atoms with E-state index in [-0.39, 0.29) is 28.7 Å². The van der Waals surface area contributed by atoms with Crippen LogP contribution in [0.2, 0.25) is 0 Å². The molecule has 2 aromatic rings. The Morgan fingerprint density at radius 3 is 2.44 bits per heavy atom. The molecule has 0 aromatic heterocycles. The molecular weight excluding hydrogens is 370 g/mol. The molecule has 2 N–H and O–H groups in total. The number of hydrogen-bond donors (Lipinski definition) is 2. The number of aryl methyl sites for hydroxylation is 1. The number of nitrogens with zero attached hydrogens (tertiary/aromatic N) is 1. The van der Waals surface area contributed by atoms with Crippen molar-refractivity contribution in [3.8, 4) is 0 Å². The zero-order valence-electron chi connectivity index (χ0n) is 14.8. The molecule has 0 saturated heterocycles. The first-order valence-electron chi connectivity index (χ1n) is 8.30. The minimum absolute atomic E-state index is 0.109. The summed E-state index contributed by atoms with van der Waals surface area (Å²) in [6.07, 6.45) is 1.98. The van der Waals surface area contributed by atoms with Crippen molar-refractivity contribution in [3.63, 3.8) is 0 Å². The minimum atomic E-state index is -3.53. The molecule has 0 saturated carbocycles. The average Bonchev–Trinajstić information content (AvgIpc) is 2.63. The van der Waals surface area contributed by atoms with Crippen molar-refractivity contribution in [2.45, 2.75) is 17.7 Å². The summed E-state index contributed by atoms with van der Waals surface area (Å²) >= 11 is 0. The Labute approximate surface area is 157 Å². The fourth-order valence-corrected chi connectivity index (χ4v) is 3.07. The number of nitrogens with one attached hydrogen (secondary N) is 2. The van der Waals surface area contributed by atoms with Crippen molar-refractivity contribution in [1.29, 1.82) is 0 Å². The van der Waals surface area contributed by atoms with Crippen molar-refractivity contribution in [2.75, 3.05) is 24.7 Å². The zero-order chi connectivity index (χ0) is 19.9. The van der Waals surface area contributed by atoms with Gasteiger partial charge in [0.05, 0.1) is 9.82 Å². The van der Waals surface area contributed by atoms with E-state index in [0.717, 1.165) is 17.9 Å². The summed E-state index contributed by atoms with van der Waals surface area (Å²) in [6.45, 7) is 0.564. The molecule has 8 nitrogen and oxygen atoms in total. The smallest absolute Gasteiger partial charge is 0.293 e. The number of benzene rings is 2. The number of nitro benzene ring substituents is 1. The molecular formula is C18H21N3O5S. The standard InChI is InChI=1S/C18H21N3O5S/c1-27(25,26)15-8-9-16(17(13-15)21(23)24)19-11-12-20-18(22)10-7-14-5-3-2-4-6-14/h2-6,8-9,13,19H,7,10-12H2,1H3,(H,20,22). The van der Waals surface area contributed by atoms with Crippen molar-refractivity contribution in [1.82, 2.24) is 5.32 Å². The van der Waals surface area contributed by atoms with E-state index >= 15 is 0 Å². The predicted octanol–water partition coefficient (Wildman–Crippen LogP) is 2.16. The van der Waals surface area contributed by atoms with Gasteiger partial charge in [-0.25, -0.2) is 8.42 Å². The first-order valence-corrected chi connectivity index (χ1v) is 10.2. The average molecular weight is 391 g/mol. The van der Waals surface area contributed by atoms with Crippen LogP contribution < -0.4 is 10.6 Å². The summed E-state index contributed by atoms with van der Waals surface area (Å²) in [5, 5.41) is 16.8. The van der Waals surface area contributed by atoms with Gasteiger partial charge in [0.1, 0.15) is 5.69 Å². The fourth-order valence-electron chi connectivity index (χ4n) is 2.43. The van der Waals surface area contributed by atoms with Gasteiger partial charge >= 0.3 is 0 Å². The molecule has 27 heavy (non-hydrogen) atoms. The summed E-state index contributed by atoms with van der Waals surface area (Å²) in [6, 6.07) is 13.3. The van der Waals surface area contributed by atoms with E-state index in [2.05, 4.69) is 10.6 Å². The predicted molar refractivity (Wildman–Crippen MR) is 102 cm³/mol. The van der Waals surface area contributed by atoms with E-state index in [4.69, 9.17) is 0 Å². The molecule has 2 aromatic carbocycles. The highest BCUT2D eigenvalue weighted by atomic mass is 32.2. The van der Waals surface area contributed by atoms with Gasteiger partial charge in [0.15, 0.2) is 9.84 Å². The second kappa shape index (κ2) is 9.13. The van der Waals surface area contributed by atoms with Crippen LogP contribution in [-0.4, -0.2) is 38.6 Å². The van der Waals surface area contributed by atoms with Gasteiger partial charge in [-0.3, -0.25) is 14.9 Å². The Kier molecular flexibility index (Phi) is 6.89. The van der Waals surface area contributed by atoms with Crippen LogP contribution in [-0.2, 0) is 21.1 Å². The maximum absolute atomic E-state index is 11.8. The molecule has 1 amide bonds. The number of carbonyl (C=O) groups is 1. The fraction of sp³-hybridized carbons (Fsp3) is 0.278. The molecule has 0 aliphatic rings. The van der Waals surface area contributed by atoms with E-state index < -0.39 is 14.8 Å². The molecule has 0 radical (unpaired) electrons. The highest BCUT2D eigenvalue weighted by Crippen LogP contribution is 2.27. The third-order valence-corrected chi connectivity index (χ3v) is 4.95. The lowest BCUT2D eigenvalue weighted by molar-refractivity contribution is -0.384. The topological polar surface area (TPSA) is 118 Å². The van der Waals surface area contributed by atoms with Crippen LogP contribution in [0, 0.1) is 10.1 Å². The summed E-state index contributed by atoms with van der Waals surface area (Å²) in [5.41, 5.74) is 0.951. The van der Waals surface area contributed by atoms with Crippen LogP contribution in [0.4, 0.5) is 11.4 Å². The molecule has 9 heteroatoms. The Morgan fingerprint density at radius 2 is 1.81 bits per heavy atom. The van der Waals surface area contributed by atoms with Gasteiger partial charge in [0, 0.05) is 31.8 Å². The summed E-state index contributed by atoms with van der Waals surface area (Å²) in [7, 11) is -3.53. The van der Waals surface area contributed by atoms with E-state index in [1.165, 1.54) is 12.1 Å². The molecule has 0 fully saturated rings. The quantitative estimate of drug-likeness (QED) is 0.384. The van der Waals surface area contributed by atoms with Crippen LogP contribution >= 0.6 is 0 Å². The van der Waals surface area contributed by atoms with E-state index in [9.17, 15) is 23.3 Å². The molecule has 0 bridgehead atoms. The third-order valence-electron chi connectivity index (χ3n) is 3.84. The SMILES string of the molecule is CS(=O)(=O)c1ccc(NCCNC(=O)CCc2ccccc2)c([N+](=O)[O-])c1. The second-order valence-electron chi connectivity index (χ2n) is 5.97. The lowest BCUT2D eigenvalue weighted by Gasteiger charge is -2.09. The number of nitro groups is 1. The molecule has 0 atom stereocenters. The van der Waals surface area contributed by atoms with Crippen molar-refractivity contribution < 1.29 is 18.1 Å². The number of sulfone groups is 1. The highest BCUT2D eigenvalue weighted by Gasteiger charge is 2.18. The molecule has 144 valence electrons. The molecule has 2 rings (SSSR count). The Hall–Kier alpha value is -2.94. The van der Waals surface area contributed by atoms with Gasteiger partial charge in [-0.1, -0.05) is 30.3 Å². The van der Waals surface area contributed by atoms with Crippen LogP contribution in [0.5, 0.6) is 0 Å². The van der Waals surface area contributed by atoms with Gasteiger partial charge in [0.2, 0.25) is 5.91 Å². The normalized spacial score (nSPS) is 11.0. The largest absolute Gasteiger partial charge is 0.378 e. The molecule has 0 heterocycles. The lowest BCUT2D eigenvalue weighted by Crippen LogP contribution is -2.29. The van der Waals surface area contributed by atoms with Crippen LogP contribution in [0.15, 0.2) is 53.4 Å². The summed E-state index contributed by atoms with van der Waals surface area (Å²) in [5.74, 6) is -0.109. The molecule has 0 aliphatic heterocycles. The molecule has 0 unspecified atom stereocenters. The number of amides is 1. The Balaban J connectivity index is 1.84. The van der Waals surface area contributed by atoms with Gasteiger partial charge in [-0.05, 0) is 24.1 Å². The van der Waals surface area contributed by atoms with Crippen LogP contribution in [0.3, 0.4) is 0 Å². The van der Waals surface area contributed by atoms with Crippen molar-refractivity contribution in [3.05, 3.63) is 64.2 Å². The molecule has 0 aliphatic carbocycles. The minimum Gasteiger partial charge on any atom is -0.378 e. The number of anilines is 1. The Bertz CT molecular complexity index is 914. The van der Waals surface area contributed by atoms with Crippen molar-refractivity contribution in [2.24, 2.45) is 0 Å². The highest BCUT2D eigenvalue weighted by molar-refractivity contribution is 7.90. The van der Waals surface area contributed by atoms with Gasteiger partial charge in [0.25, 0.3) is 5.69 Å². The first kappa shape index (κ1) is 20.4. The number of carbonyl (C=O) groups excluding carboxylic acids is 1. The van der Waals surface area contributed by atoms with Crippen LogP contribution in [0.25, 0.3) is 0 Å². The third kappa shape index (κ3) is 6.37. The van der Waals surface area contributed by atoms with E-state index in [0.29, 0.717) is 19.4 Å². The van der Waals surface area contributed by atoms with E-state index in [1.807, 2.05) is 30.3 Å². The lowest BCUT2D eigenvalue weighted by atomic mass is 10.1. The number of rotatable bonds is 9. The first-order chi connectivity index (χ1) is 12.8. The van der Waals surface area contributed by atoms with Gasteiger partial charge in [-0.2, -0.15) is 0 Å². The van der Waals surface area contributed by atoms with E-state index in [1.54, 1.807) is 0 Å². The summed E-state index contributed by atoms with van der Waals surface area (Å²) in [4.78, 5) is 22.2. The Morgan fingerprint density at radius 1 is 1.11 bits per heavy atom. The second-order valence-corrected chi connectivity index (χ2v) is 7.99. The monoisotopic (exact) mass is 391 g/mol. The van der Waals surface area contributed by atoms with Crippen molar-refractivity contribution >= 4 is 27.1 Å². The maximum Gasteiger partial charge on any atom is 0.293 e. The zero-order valence-corrected chi connectivity index (χ0v) is 15.7. The van der Waals surface area contributed by atoms with Gasteiger partial charge < -0.3 is 10.6 Å². The van der Waals surface area contributed by atoms with Crippen LogP contribution in [0.1, 0.15) is 12.0 Å². The maximum atomic E-state index is 11.8. The van der Waals surface area contributed by atoms with Gasteiger partial charge in [-0.15, -0.1) is 0 Å².